The van der Waals surface area contributed by atoms with Crippen LogP contribution in [-0.4, -0.2) is 18.9 Å². The molecule has 84 valence electrons. The molecule has 2 nitrogen and oxygen atoms in total. The van der Waals surface area contributed by atoms with Crippen LogP contribution in [0.5, 0.6) is 0 Å². The van der Waals surface area contributed by atoms with Crippen molar-refractivity contribution in [2.45, 2.75) is 13.3 Å². The third-order valence-electron chi connectivity index (χ3n) is 2.76. The fourth-order valence-electron chi connectivity index (χ4n) is 1.86. The average molecular weight is 236 g/mol. The van der Waals surface area contributed by atoms with Gasteiger partial charge in [0.1, 0.15) is 0 Å². The van der Waals surface area contributed by atoms with Crippen molar-refractivity contribution in [1.29, 1.82) is 0 Å². The standard InChI is InChI=1S/C13H14ClNO/c1-10(16)12-6-5-11(9-13(12)14)15-7-3-2-4-8-15/h2-3,5-6,9H,4,7-8H2,1H3. The number of rotatable bonds is 2. The monoisotopic (exact) mass is 235 g/mol. The molecule has 2 rings (SSSR count). The van der Waals surface area contributed by atoms with Crippen molar-refractivity contribution in [3.63, 3.8) is 0 Å². The van der Waals surface area contributed by atoms with Gasteiger partial charge < -0.3 is 4.90 Å². The van der Waals surface area contributed by atoms with Crippen molar-refractivity contribution in [3.8, 4) is 0 Å². The highest BCUT2D eigenvalue weighted by atomic mass is 35.5. The van der Waals surface area contributed by atoms with Gasteiger partial charge in [-0.3, -0.25) is 4.79 Å². The maximum atomic E-state index is 11.2. The van der Waals surface area contributed by atoms with Gasteiger partial charge in [0.25, 0.3) is 0 Å². The van der Waals surface area contributed by atoms with Gasteiger partial charge in [-0.1, -0.05) is 23.8 Å². The molecule has 0 saturated heterocycles. The molecule has 0 N–H and O–H groups in total. The van der Waals surface area contributed by atoms with E-state index in [1.807, 2.05) is 12.1 Å². The van der Waals surface area contributed by atoms with Crippen LogP contribution in [0, 0.1) is 0 Å². The van der Waals surface area contributed by atoms with Crippen LogP contribution < -0.4 is 4.90 Å². The summed E-state index contributed by atoms with van der Waals surface area (Å²) in [6.07, 6.45) is 5.39. The Hall–Kier alpha value is -1.28. The summed E-state index contributed by atoms with van der Waals surface area (Å²) in [6, 6.07) is 5.64. The first-order chi connectivity index (χ1) is 7.68. The number of benzene rings is 1. The third kappa shape index (κ3) is 2.27. The predicted octanol–water partition coefficient (Wildman–Crippen LogP) is 3.31. The molecule has 0 aromatic heterocycles. The molecule has 0 amide bonds. The highest BCUT2D eigenvalue weighted by molar-refractivity contribution is 6.34. The van der Waals surface area contributed by atoms with Gasteiger partial charge in [-0.2, -0.15) is 0 Å². The van der Waals surface area contributed by atoms with E-state index in [-0.39, 0.29) is 5.78 Å². The molecule has 0 aliphatic carbocycles. The summed E-state index contributed by atoms with van der Waals surface area (Å²) in [7, 11) is 0. The first-order valence-corrected chi connectivity index (χ1v) is 5.76. The minimum atomic E-state index is 0.00934. The normalized spacial score (nSPS) is 15.2. The van der Waals surface area contributed by atoms with Crippen LogP contribution >= 0.6 is 11.6 Å². The molecule has 0 bridgehead atoms. The van der Waals surface area contributed by atoms with E-state index in [0.717, 1.165) is 25.2 Å². The van der Waals surface area contributed by atoms with Crippen LogP contribution in [0.15, 0.2) is 30.4 Å². The zero-order valence-corrected chi connectivity index (χ0v) is 10.00. The van der Waals surface area contributed by atoms with Crippen molar-refractivity contribution in [3.05, 3.63) is 40.9 Å². The first kappa shape index (κ1) is 11.2. The maximum absolute atomic E-state index is 11.2. The number of ketones is 1. The van der Waals surface area contributed by atoms with E-state index >= 15 is 0 Å². The number of hydrogen-bond acceptors (Lipinski definition) is 2. The Bertz CT molecular complexity index is 440. The molecule has 1 aromatic carbocycles. The van der Waals surface area contributed by atoms with E-state index in [9.17, 15) is 4.79 Å². The molecule has 0 unspecified atom stereocenters. The van der Waals surface area contributed by atoms with E-state index < -0.39 is 0 Å². The zero-order chi connectivity index (χ0) is 11.5. The Morgan fingerprint density at radius 2 is 2.19 bits per heavy atom. The molecule has 1 heterocycles. The number of nitrogens with zero attached hydrogens (tertiary/aromatic N) is 1. The quantitative estimate of drug-likeness (QED) is 0.579. The lowest BCUT2D eigenvalue weighted by molar-refractivity contribution is 0.101. The minimum Gasteiger partial charge on any atom is -0.367 e. The smallest absolute Gasteiger partial charge is 0.161 e. The van der Waals surface area contributed by atoms with E-state index in [0.29, 0.717) is 10.6 Å². The second-order valence-electron chi connectivity index (χ2n) is 3.93. The van der Waals surface area contributed by atoms with Gasteiger partial charge >= 0.3 is 0 Å². The molecule has 0 radical (unpaired) electrons. The SMILES string of the molecule is CC(=O)c1ccc(N2CC=CCC2)cc1Cl. The number of halogens is 1. The van der Waals surface area contributed by atoms with Crippen LogP contribution in [-0.2, 0) is 0 Å². The van der Waals surface area contributed by atoms with Gasteiger partial charge in [-0.15, -0.1) is 0 Å². The number of Topliss-reactive ketones (excluding diaryl/α,β-unsaturated/α-hetero) is 1. The summed E-state index contributed by atoms with van der Waals surface area (Å²) in [5, 5.41) is 0.541. The van der Waals surface area contributed by atoms with Crippen molar-refractivity contribution in [2.24, 2.45) is 0 Å². The summed E-state index contributed by atoms with van der Waals surface area (Å²) in [6.45, 7) is 3.45. The molecule has 1 aliphatic rings. The molecule has 1 aromatic rings. The highest BCUT2D eigenvalue weighted by Gasteiger charge is 2.11. The van der Waals surface area contributed by atoms with E-state index in [1.54, 1.807) is 6.07 Å². The Kier molecular flexibility index (Phi) is 3.30. The van der Waals surface area contributed by atoms with Gasteiger partial charge in [0, 0.05) is 24.3 Å². The average Bonchev–Trinajstić information content (AvgIpc) is 2.29. The molecule has 0 saturated carbocycles. The predicted molar refractivity (Wildman–Crippen MR) is 67.4 cm³/mol. The maximum Gasteiger partial charge on any atom is 0.161 e. The Balaban J connectivity index is 2.26. The second-order valence-corrected chi connectivity index (χ2v) is 4.33. The number of hydrogen-bond donors (Lipinski definition) is 0. The van der Waals surface area contributed by atoms with Gasteiger partial charge in [0.2, 0.25) is 0 Å². The van der Waals surface area contributed by atoms with Gasteiger partial charge in [0.05, 0.1) is 5.02 Å². The molecule has 16 heavy (non-hydrogen) atoms. The Labute approximate surface area is 101 Å². The lowest BCUT2D eigenvalue weighted by Crippen LogP contribution is -2.26. The molecular weight excluding hydrogens is 222 g/mol. The fourth-order valence-corrected chi connectivity index (χ4v) is 2.17. The van der Waals surface area contributed by atoms with Crippen LogP contribution in [0.25, 0.3) is 0 Å². The topological polar surface area (TPSA) is 20.3 Å². The van der Waals surface area contributed by atoms with E-state index in [4.69, 9.17) is 11.6 Å². The van der Waals surface area contributed by atoms with Crippen LogP contribution in [0.2, 0.25) is 5.02 Å². The van der Waals surface area contributed by atoms with Crippen molar-refractivity contribution in [2.75, 3.05) is 18.0 Å². The van der Waals surface area contributed by atoms with Crippen molar-refractivity contribution < 1.29 is 4.79 Å². The summed E-state index contributed by atoms with van der Waals surface area (Å²) in [5.41, 5.74) is 1.68. The second kappa shape index (κ2) is 4.71. The van der Waals surface area contributed by atoms with Gasteiger partial charge in [-0.05, 0) is 31.5 Å². The minimum absolute atomic E-state index is 0.00934. The lowest BCUT2D eigenvalue weighted by atomic mass is 10.1. The Morgan fingerprint density at radius 1 is 1.38 bits per heavy atom. The fraction of sp³-hybridized carbons (Fsp3) is 0.308. The highest BCUT2D eigenvalue weighted by Crippen LogP contribution is 2.25. The van der Waals surface area contributed by atoms with E-state index in [1.165, 1.54) is 6.92 Å². The first-order valence-electron chi connectivity index (χ1n) is 5.39. The summed E-state index contributed by atoms with van der Waals surface area (Å²) < 4.78 is 0. The third-order valence-corrected chi connectivity index (χ3v) is 3.07. The largest absolute Gasteiger partial charge is 0.367 e. The number of anilines is 1. The Morgan fingerprint density at radius 3 is 2.75 bits per heavy atom. The lowest BCUT2D eigenvalue weighted by Gasteiger charge is -2.25. The molecule has 1 aliphatic heterocycles. The van der Waals surface area contributed by atoms with Crippen LogP contribution in [0.3, 0.4) is 0 Å². The van der Waals surface area contributed by atoms with Crippen LogP contribution in [0.4, 0.5) is 5.69 Å². The molecule has 0 fully saturated rings. The van der Waals surface area contributed by atoms with Crippen molar-refractivity contribution in [1.82, 2.24) is 0 Å². The zero-order valence-electron chi connectivity index (χ0n) is 9.24. The summed E-state index contributed by atoms with van der Waals surface area (Å²) in [4.78, 5) is 13.5. The van der Waals surface area contributed by atoms with Crippen LogP contribution in [0.1, 0.15) is 23.7 Å². The number of carbonyl (C=O) groups is 1. The number of carbonyl (C=O) groups excluding carboxylic acids is 1. The molecule has 3 heteroatoms. The van der Waals surface area contributed by atoms with E-state index in [2.05, 4.69) is 17.1 Å². The molecule has 0 spiro atoms. The molecule has 0 atom stereocenters. The summed E-state index contributed by atoms with van der Waals surface area (Å²) in [5.74, 6) is 0.00934. The van der Waals surface area contributed by atoms with Gasteiger partial charge in [0.15, 0.2) is 5.78 Å². The molecular formula is C13H14ClNO. The summed E-state index contributed by atoms with van der Waals surface area (Å²) >= 11 is 6.08. The van der Waals surface area contributed by atoms with Gasteiger partial charge in [-0.25, -0.2) is 0 Å². The van der Waals surface area contributed by atoms with Crippen molar-refractivity contribution >= 4 is 23.1 Å².